The molecule has 1 amide bonds. The molecule has 0 saturated heterocycles. The standard InChI is InChI=1S/C17H13ClN4O/c18-11-6-7-14-12(8-11)13(16(23)22-17(19)20)9-15(21-14)10-4-2-1-3-5-10/h1-9H,(H4,19,20,22,23). The summed E-state index contributed by atoms with van der Waals surface area (Å²) in [6, 6.07) is 16.4. The third kappa shape index (κ3) is 3.14. The molecule has 114 valence electrons. The molecule has 6 heteroatoms. The van der Waals surface area contributed by atoms with Gasteiger partial charge in [-0.1, -0.05) is 41.9 Å². The molecular weight excluding hydrogens is 312 g/mol. The van der Waals surface area contributed by atoms with Gasteiger partial charge in [-0.3, -0.25) is 4.79 Å². The highest BCUT2D eigenvalue weighted by molar-refractivity contribution is 6.31. The highest BCUT2D eigenvalue weighted by atomic mass is 35.5. The molecule has 23 heavy (non-hydrogen) atoms. The Hall–Kier alpha value is -2.92. The molecule has 0 aliphatic carbocycles. The van der Waals surface area contributed by atoms with Crippen LogP contribution < -0.4 is 11.5 Å². The van der Waals surface area contributed by atoms with Crippen molar-refractivity contribution >= 4 is 34.4 Å². The van der Waals surface area contributed by atoms with E-state index in [2.05, 4.69) is 9.98 Å². The normalized spacial score (nSPS) is 10.5. The maximum absolute atomic E-state index is 12.3. The minimum Gasteiger partial charge on any atom is -0.370 e. The van der Waals surface area contributed by atoms with Gasteiger partial charge in [0.15, 0.2) is 5.96 Å². The lowest BCUT2D eigenvalue weighted by Gasteiger charge is -2.08. The van der Waals surface area contributed by atoms with E-state index in [0.717, 1.165) is 5.56 Å². The summed E-state index contributed by atoms with van der Waals surface area (Å²) >= 11 is 6.03. The molecule has 0 fully saturated rings. The number of rotatable bonds is 2. The van der Waals surface area contributed by atoms with Gasteiger partial charge in [0.25, 0.3) is 5.91 Å². The molecule has 0 aliphatic heterocycles. The van der Waals surface area contributed by atoms with Gasteiger partial charge in [-0.05, 0) is 24.3 Å². The van der Waals surface area contributed by atoms with E-state index >= 15 is 0 Å². The van der Waals surface area contributed by atoms with Gasteiger partial charge < -0.3 is 11.5 Å². The van der Waals surface area contributed by atoms with E-state index in [1.165, 1.54) is 0 Å². The number of halogens is 1. The smallest absolute Gasteiger partial charge is 0.280 e. The van der Waals surface area contributed by atoms with Crippen LogP contribution in [0.3, 0.4) is 0 Å². The number of guanidine groups is 1. The largest absolute Gasteiger partial charge is 0.370 e. The lowest BCUT2D eigenvalue weighted by Crippen LogP contribution is -2.24. The third-order valence-corrected chi connectivity index (χ3v) is 3.54. The molecule has 0 bridgehead atoms. The topological polar surface area (TPSA) is 94.4 Å². The van der Waals surface area contributed by atoms with Crippen LogP contribution in [0.4, 0.5) is 0 Å². The quantitative estimate of drug-likeness (QED) is 0.559. The van der Waals surface area contributed by atoms with Gasteiger partial charge in [-0.2, -0.15) is 4.99 Å². The van der Waals surface area contributed by atoms with Gasteiger partial charge >= 0.3 is 0 Å². The first-order chi connectivity index (χ1) is 11.0. The van der Waals surface area contributed by atoms with Crippen LogP contribution in [0.25, 0.3) is 22.2 Å². The van der Waals surface area contributed by atoms with Crippen molar-refractivity contribution in [2.24, 2.45) is 16.5 Å². The first kappa shape index (κ1) is 15.0. The summed E-state index contributed by atoms with van der Waals surface area (Å²) in [4.78, 5) is 20.6. The summed E-state index contributed by atoms with van der Waals surface area (Å²) < 4.78 is 0. The highest BCUT2D eigenvalue weighted by Gasteiger charge is 2.14. The molecule has 0 radical (unpaired) electrons. The molecule has 3 aromatic rings. The van der Waals surface area contributed by atoms with Crippen LogP contribution in [0.2, 0.25) is 5.02 Å². The average Bonchev–Trinajstić information content (AvgIpc) is 2.54. The van der Waals surface area contributed by atoms with E-state index < -0.39 is 5.91 Å². The lowest BCUT2D eigenvalue weighted by atomic mass is 10.0. The molecular formula is C17H13ClN4O. The van der Waals surface area contributed by atoms with Crippen molar-refractivity contribution in [2.45, 2.75) is 0 Å². The molecule has 1 aromatic heterocycles. The number of carbonyl (C=O) groups is 1. The Morgan fingerprint density at radius 3 is 2.48 bits per heavy atom. The Kier molecular flexibility index (Phi) is 3.95. The number of benzene rings is 2. The van der Waals surface area contributed by atoms with Crippen molar-refractivity contribution in [2.75, 3.05) is 0 Å². The fraction of sp³-hybridized carbons (Fsp3) is 0. The first-order valence-electron chi connectivity index (χ1n) is 6.84. The molecule has 0 atom stereocenters. The molecule has 2 aromatic carbocycles. The maximum Gasteiger partial charge on any atom is 0.280 e. The minimum atomic E-state index is -0.531. The summed E-state index contributed by atoms with van der Waals surface area (Å²) in [6.45, 7) is 0. The maximum atomic E-state index is 12.3. The number of hydrogen-bond acceptors (Lipinski definition) is 2. The number of nitrogens with two attached hydrogens (primary N) is 2. The minimum absolute atomic E-state index is 0.289. The van der Waals surface area contributed by atoms with Crippen LogP contribution in [-0.2, 0) is 0 Å². The molecule has 0 spiro atoms. The number of aromatic nitrogens is 1. The van der Waals surface area contributed by atoms with Crippen LogP contribution in [0, 0.1) is 0 Å². The van der Waals surface area contributed by atoms with Crippen LogP contribution >= 0.6 is 11.6 Å². The number of nitrogens with zero attached hydrogens (tertiary/aromatic N) is 2. The van der Waals surface area contributed by atoms with Gasteiger partial charge in [0.05, 0.1) is 16.8 Å². The first-order valence-corrected chi connectivity index (χ1v) is 7.22. The number of amides is 1. The molecule has 1 heterocycles. The zero-order valence-corrected chi connectivity index (χ0v) is 12.8. The second-order valence-corrected chi connectivity index (χ2v) is 5.36. The molecule has 3 rings (SSSR count). The molecule has 0 unspecified atom stereocenters. The van der Waals surface area contributed by atoms with Gasteiger partial charge in [0.2, 0.25) is 0 Å². The van der Waals surface area contributed by atoms with Crippen molar-refractivity contribution in [3.63, 3.8) is 0 Å². The summed E-state index contributed by atoms with van der Waals surface area (Å²) in [7, 11) is 0. The summed E-state index contributed by atoms with van der Waals surface area (Å²) in [5.74, 6) is -0.819. The zero-order valence-electron chi connectivity index (χ0n) is 12.0. The fourth-order valence-corrected chi connectivity index (χ4v) is 2.48. The van der Waals surface area contributed by atoms with Gasteiger partial charge in [-0.15, -0.1) is 0 Å². The van der Waals surface area contributed by atoms with E-state index in [0.29, 0.717) is 27.2 Å². The van der Waals surface area contributed by atoms with Crippen LogP contribution in [-0.4, -0.2) is 16.9 Å². The lowest BCUT2D eigenvalue weighted by molar-refractivity contribution is 0.100. The summed E-state index contributed by atoms with van der Waals surface area (Å²) in [6.07, 6.45) is 0. The van der Waals surface area contributed by atoms with Crippen LogP contribution in [0.1, 0.15) is 10.4 Å². The summed E-state index contributed by atoms with van der Waals surface area (Å²) in [5, 5.41) is 1.11. The Morgan fingerprint density at radius 1 is 1.04 bits per heavy atom. The average molecular weight is 325 g/mol. The number of pyridine rings is 1. The van der Waals surface area contributed by atoms with Crippen molar-refractivity contribution < 1.29 is 4.79 Å². The highest BCUT2D eigenvalue weighted by Crippen LogP contribution is 2.27. The van der Waals surface area contributed by atoms with Crippen molar-refractivity contribution in [3.8, 4) is 11.3 Å². The van der Waals surface area contributed by atoms with E-state index in [1.54, 1.807) is 24.3 Å². The Labute approximate surface area is 137 Å². The van der Waals surface area contributed by atoms with E-state index in [1.807, 2.05) is 30.3 Å². The molecule has 5 nitrogen and oxygen atoms in total. The Bertz CT molecular complexity index is 919. The zero-order chi connectivity index (χ0) is 16.4. The number of fused-ring (bicyclic) bond motifs is 1. The van der Waals surface area contributed by atoms with Gasteiger partial charge in [-0.25, -0.2) is 4.98 Å². The monoisotopic (exact) mass is 324 g/mol. The van der Waals surface area contributed by atoms with Crippen LogP contribution in [0.15, 0.2) is 59.6 Å². The van der Waals surface area contributed by atoms with Crippen molar-refractivity contribution in [1.82, 2.24) is 4.98 Å². The Morgan fingerprint density at radius 2 is 1.78 bits per heavy atom. The van der Waals surface area contributed by atoms with Crippen molar-refractivity contribution in [1.29, 1.82) is 0 Å². The molecule has 0 aliphatic rings. The summed E-state index contributed by atoms with van der Waals surface area (Å²) in [5.41, 5.74) is 13.2. The third-order valence-electron chi connectivity index (χ3n) is 3.30. The molecule has 4 N–H and O–H groups in total. The molecule has 0 saturated carbocycles. The van der Waals surface area contributed by atoms with Crippen LogP contribution in [0.5, 0.6) is 0 Å². The number of aliphatic imine (C=N–C) groups is 1. The van der Waals surface area contributed by atoms with E-state index in [-0.39, 0.29) is 5.96 Å². The SMILES string of the molecule is NC(N)=NC(=O)c1cc(-c2ccccc2)nc2ccc(Cl)cc12. The fourth-order valence-electron chi connectivity index (χ4n) is 2.31. The predicted molar refractivity (Wildman–Crippen MR) is 92.3 cm³/mol. The van der Waals surface area contributed by atoms with Gasteiger partial charge in [0.1, 0.15) is 0 Å². The second kappa shape index (κ2) is 6.06. The number of hydrogen-bond donors (Lipinski definition) is 2. The Balaban J connectivity index is 2.28. The second-order valence-electron chi connectivity index (χ2n) is 4.92. The van der Waals surface area contributed by atoms with E-state index in [9.17, 15) is 4.79 Å². The van der Waals surface area contributed by atoms with Gasteiger partial charge in [0, 0.05) is 16.0 Å². The number of carbonyl (C=O) groups excluding carboxylic acids is 1. The van der Waals surface area contributed by atoms with Crippen molar-refractivity contribution in [3.05, 3.63) is 65.2 Å². The van der Waals surface area contributed by atoms with E-state index in [4.69, 9.17) is 23.1 Å². The predicted octanol–water partition coefficient (Wildman–Crippen LogP) is 2.97.